The summed E-state index contributed by atoms with van der Waals surface area (Å²) in [6, 6.07) is 12.4. The minimum atomic E-state index is 0. The Morgan fingerprint density at radius 2 is 1.70 bits per heavy atom. The molecular formula is C19H27ClN2O. The lowest BCUT2D eigenvalue weighted by molar-refractivity contribution is -0.123. The number of hydrogen-bond donors (Lipinski definition) is 2. The van der Waals surface area contributed by atoms with Crippen LogP contribution in [-0.2, 0) is 4.79 Å². The zero-order valence-corrected chi connectivity index (χ0v) is 14.4. The van der Waals surface area contributed by atoms with Crippen molar-refractivity contribution in [1.29, 1.82) is 0 Å². The van der Waals surface area contributed by atoms with Gasteiger partial charge in [0.05, 0.1) is 0 Å². The normalized spacial score (nSPS) is 35.0. The Bertz CT molecular complexity index is 517. The van der Waals surface area contributed by atoms with E-state index in [9.17, 15) is 4.79 Å². The lowest BCUT2D eigenvalue weighted by Gasteiger charge is -2.37. The second kappa shape index (κ2) is 7.23. The van der Waals surface area contributed by atoms with Crippen LogP contribution in [0, 0.1) is 5.92 Å². The zero-order valence-electron chi connectivity index (χ0n) is 13.5. The molecule has 0 radical (unpaired) electrons. The average Bonchev–Trinajstić information content (AvgIpc) is 2.82. The van der Waals surface area contributed by atoms with Crippen molar-refractivity contribution in [2.75, 3.05) is 0 Å². The van der Waals surface area contributed by atoms with Gasteiger partial charge in [-0.3, -0.25) is 4.79 Å². The standard InChI is InChI=1S/C19H26N2O.ClH/c22-19(10-13-8-16-6-7-17(9-13)20-16)21-18-11-15(12-18)14-4-2-1-3-5-14;/h1-5,13,15-18,20H,6-12H2,(H,21,22);1H. The molecule has 23 heavy (non-hydrogen) atoms. The number of fused-ring (bicyclic) bond motifs is 2. The van der Waals surface area contributed by atoms with E-state index in [4.69, 9.17) is 0 Å². The molecule has 126 valence electrons. The lowest BCUT2D eigenvalue weighted by atomic mass is 9.76. The molecule has 3 nitrogen and oxygen atoms in total. The number of carbonyl (C=O) groups is 1. The van der Waals surface area contributed by atoms with Crippen LogP contribution in [0.3, 0.4) is 0 Å². The first kappa shape index (κ1) is 16.8. The monoisotopic (exact) mass is 334 g/mol. The van der Waals surface area contributed by atoms with E-state index >= 15 is 0 Å². The highest BCUT2D eigenvalue weighted by atomic mass is 35.5. The van der Waals surface area contributed by atoms with Crippen molar-refractivity contribution in [3.05, 3.63) is 35.9 Å². The van der Waals surface area contributed by atoms with Gasteiger partial charge in [0, 0.05) is 24.5 Å². The van der Waals surface area contributed by atoms with Gasteiger partial charge in [0.15, 0.2) is 0 Å². The molecule has 1 aromatic rings. The van der Waals surface area contributed by atoms with E-state index in [0.29, 0.717) is 30.0 Å². The third-order valence-electron chi connectivity index (χ3n) is 5.82. The summed E-state index contributed by atoms with van der Waals surface area (Å²) in [6.45, 7) is 0. The number of nitrogens with one attached hydrogen (secondary N) is 2. The molecule has 1 amide bonds. The molecule has 2 aliphatic heterocycles. The molecule has 1 aromatic carbocycles. The molecule has 2 heterocycles. The van der Waals surface area contributed by atoms with Gasteiger partial charge in [-0.2, -0.15) is 0 Å². The Hall–Kier alpha value is -1.06. The van der Waals surface area contributed by atoms with Crippen molar-refractivity contribution >= 4 is 18.3 Å². The summed E-state index contributed by atoms with van der Waals surface area (Å²) < 4.78 is 0. The van der Waals surface area contributed by atoms with Crippen molar-refractivity contribution in [2.45, 2.75) is 69.0 Å². The fraction of sp³-hybridized carbons (Fsp3) is 0.632. The van der Waals surface area contributed by atoms with Crippen molar-refractivity contribution < 1.29 is 4.79 Å². The molecule has 4 heteroatoms. The molecule has 2 saturated heterocycles. The molecule has 1 aliphatic carbocycles. The van der Waals surface area contributed by atoms with Crippen LogP contribution in [0.25, 0.3) is 0 Å². The molecule has 3 aliphatic rings. The fourth-order valence-corrected chi connectivity index (χ4v) is 4.62. The Morgan fingerprint density at radius 1 is 1.04 bits per heavy atom. The molecule has 2 bridgehead atoms. The van der Waals surface area contributed by atoms with Crippen molar-refractivity contribution in [1.82, 2.24) is 10.6 Å². The minimum absolute atomic E-state index is 0. The van der Waals surface area contributed by atoms with Crippen LogP contribution >= 0.6 is 12.4 Å². The fourth-order valence-electron chi connectivity index (χ4n) is 4.62. The van der Waals surface area contributed by atoms with Gasteiger partial charge in [0.2, 0.25) is 5.91 Å². The summed E-state index contributed by atoms with van der Waals surface area (Å²) >= 11 is 0. The number of piperidine rings is 1. The molecule has 1 saturated carbocycles. The van der Waals surface area contributed by atoms with Gasteiger partial charge in [0.1, 0.15) is 0 Å². The Labute approximate surface area is 145 Å². The maximum absolute atomic E-state index is 12.3. The number of benzene rings is 1. The zero-order chi connectivity index (χ0) is 14.9. The molecule has 2 N–H and O–H groups in total. The van der Waals surface area contributed by atoms with E-state index in [1.165, 1.54) is 31.2 Å². The number of halogens is 1. The first-order valence-electron chi connectivity index (χ1n) is 8.86. The number of amides is 1. The number of rotatable bonds is 4. The summed E-state index contributed by atoms with van der Waals surface area (Å²) in [5, 5.41) is 6.90. The molecular weight excluding hydrogens is 308 g/mol. The molecule has 2 atom stereocenters. The summed E-state index contributed by atoms with van der Waals surface area (Å²) in [7, 11) is 0. The lowest BCUT2D eigenvalue weighted by Crippen LogP contribution is -2.45. The highest BCUT2D eigenvalue weighted by molar-refractivity contribution is 5.85. The molecule has 2 unspecified atom stereocenters. The van der Waals surface area contributed by atoms with Crippen LogP contribution in [0.15, 0.2) is 30.3 Å². The average molecular weight is 335 g/mol. The van der Waals surface area contributed by atoms with Crippen molar-refractivity contribution in [2.24, 2.45) is 5.92 Å². The summed E-state index contributed by atoms with van der Waals surface area (Å²) in [5.74, 6) is 1.52. The van der Waals surface area contributed by atoms with E-state index in [1.54, 1.807) is 0 Å². The summed E-state index contributed by atoms with van der Waals surface area (Å²) in [6.07, 6.45) is 7.96. The Kier molecular flexibility index (Phi) is 5.27. The second-order valence-corrected chi connectivity index (χ2v) is 7.52. The minimum Gasteiger partial charge on any atom is -0.353 e. The van der Waals surface area contributed by atoms with Gasteiger partial charge in [-0.25, -0.2) is 0 Å². The van der Waals surface area contributed by atoms with Gasteiger partial charge in [-0.15, -0.1) is 12.4 Å². The van der Waals surface area contributed by atoms with E-state index < -0.39 is 0 Å². The predicted octanol–water partition coefficient (Wildman–Crippen LogP) is 3.39. The van der Waals surface area contributed by atoms with Gasteiger partial charge in [-0.1, -0.05) is 30.3 Å². The molecule has 3 fully saturated rings. The van der Waals surface area contributed by atoms with Crippen LogP contribution in [0.4, 0.5) is 0 Å². The van der Waals surface area contributed by atoms with Crippen LogP contribution in [0.1, 0.15) is 56.4 Å². The highest BCUT2D eigenvalue weighted by Crippen LogP contribution is 2.37. The van der Waals surface area contributed by atoms with Crippen LogP contribution in [0.5, 0.6) is 0 Å². The SMILES string of the molecule is Cl.O=C(CC1CC2CCC(C1)N2)NC1CC(c2ccccc2)C1. The van der Waals surface area contributed by atoms with E-state index in [-0.39, 0.29) is 18.3 Å². The third-order valence-corrected chi connectivity index (χ3v) is 5.82. The first-order valence-corrected chi connectivity index (χ1v) is 8.86. The van der Waals surface area contributed by atoms with Gasteiger partial charge in [-0.05, 0) is 55.9 Å². The topological polar surface area (TPSA) is 41.1 Å². The first-order chi connectivity index (χ1) is 10.8. The van der Waals surface area contributed by atoms with E-state index in [1.807, 2.05) is 0 Å². The van der Waals surface area contributed by atoms with Crippen LogP contribution < -0.4 is 10.6 Å². The Balaban J connectivity index is 0.00000156. The van der Waals surface area contributed by atoms with Gasteiger partial charge < -0.3 is 10.6 Å². The highest BCUT2D eigenvalue weighted by Gasteiger charge is 2.35. The summed E-state index contributed by atoms with van der Waals surface area (Å²) in [5.41, 5.74) is 1.42. The van der Waals surface area contributed by atoms with E-state index in [2.05, 4.69) is 41.0 Å². The van der Waals surface area contributed by atoms with Crippen molar-refractivity contribution in [3.8, 4) is 0 Å². The Morgan fingerprint density at radius 3 is 2.35 bits per heavy atom. The maximum atomic E-state index is 12.3. The van der Waals surface area contributed by atoms with E-state index in [0.717, 1.165) is 19.3 Å². The van der Waals surface area contributed by atoms with Gasteiger partial charge in [0.25, 0.3) is 0 Å². The summed E-state index contributed by atoms with van der Waals surface area (Å²) in [4.78, 5) is 12.3. The molecule has 0 aromatic heterocycles. The number of hydrogen-bond acceptors (Lipinski definition) is 2. The predicted molar refractivity (Wildman–Crippen MR) is 94.9 cm³/mol. The van der Waals surface area contributed by atoms with Crippen LogP contribution in [0.2, 0.25) is 0 Å². The number of carbonyl (C=O) groups excluding carboxylic acids is 1. The third kappa shape index (κ3) is 3.89. The quantitative estimate of drug-likeness (QED) is 0.886. The second-order valence-electron chi connectivity index (χ2n) is 7.52. The smallest absolute Gasteiger partial charge is 0.220 e. The van der Waals surface area contributed by atoms with Gasteiger partial charge >= 0.3 is 0 Å². The maximum Gasteiger partial charge on any atom is 0.220 e. The molecule has 4 rings (SSSR count). The van der Waals surface area contributed by atoms with Crippen LogP contribution in [-0.4, -0.2) is 24.0 Å². The molecule has 0 spiro atoms. The largest absolute Gasteiger partial charge is 0.353 e. The van der Waals surface area contributed by atoms with Crippen molar-refractivity contribution in [3.63, 3.8) is 0 Å².